The minimum Gasteiger partial charge on any atom is -0.481 e. The van der Waals surface area contributed by atoms with Crippen molar-refractivity contribution in [3.8, 4) is 11.1 Å². The van der Waals surface area contributed by atoms with Gasteiger partial charge in [0.05, 0.1) is 5.41 Å². The summed E-state index contributed by atoms with van der Waals surface area (Å²) in [7, 11) is 0. The monoisotopic (exact) mass is 381 g/mol. The van der Waals surface area contributed by atoms with Gasteiger partial charge < -0.3 is 10.4 Å². The number of carboxylic acid groups (broad SMARTS) is 1. The molecule has 0 aliphatic rings. The van der Waals surface area contributed by atoms with Crippen LogP contribution in [0.2, 0.25) is 0 Å². The molecule has 0 saturated carbocycles. The highest BCUT2D eigenvalue weighted by Gasteiger charge is 2.30. The van der Waals surface area contributed by atoms with E-state index in [2.05, 4.69) is 5.32 Å². The van der Waals surface area contributed by atoms with Gasteiger partial charge >= 0.3 is 5.97 Å². The Balaban J connectivity index is 2.04. The molecule has 0 aliphatic heterocycles. The number of aliphatic carboxylic acids is 1. The number of nitrogens with one attached hydrogen (secondary N) is 1. The van der Waals surface area contributed by atoms with Gasteiger partial charge in [0.2, 0.25) is 5.91 Å². The molecular weight excluding hydrogens is 354 g/mol. The number of anilines is 1. The summed E-state index contributed by atoms with van der Waals surface area (Å²) in [5.74, 6) is -1.16. The molecule has 0 aromatic heterocycles. The van der Waals surface area contributed by atoms with E-state index in [1.807, 2.05) is 43.3 Å². The Kier molecular flexibility index (Phi) is 7.10. The molecule has 0 heterocycles. The predicted octanol–water partition coefficient (Wildman–Crippen LogP) is 5.17. The molecule has 5 nitrogen and oxygen atoms in total. The molecule has 0 bridgehead atoms. The van der Waals surface area contributed by atoms with Crippen LogP contribution in [-0.2, 0) is 9.59 Å². The van der Waals surface area contributed by atoms with E-state index in [1.165, 1.54) is 0 Å². The van der Waals surface area contributed by atoms with E-state index in [-0.39, 0.29) is 18.1 Å². The number of Topliss-reactive ketones (excluding diaryl/α,β-unsaturated/α-hetero) is 1. The normalized spacial score (nSPS) is 11.1. The van der Waals surface area contributed by atoms with Crippen molar-refractivity contribution in [1.29, 1.82) is 0 Å². The van der Waals surface area contributed by atoms with E-state index < -0.39 is 11.4 Å². The van der Waals surface area contributed by atoms with Gasteiger partial charge in [0.1, 0.15) is 0 Å². The van der Waals surface area contributed by atoms with Gasteiger partial charge in [-0.25, -0.2) is 0 Å². The second-order valence-electron chi connectivity index (χ2n) is 7.60. The van der Waals surface area contributed by atoms with Crippen molar-refractivity contribution in [3.05, 3.63) is 54.1 Å². The summed E-state index contributed by atoms with van der Waals surface area (Å²) in [4.78, 5) is 35.3. The molecule has 148 valence electrons. The number of hydrogen-bond donors (Lipinski definition) is 2. The van der Waals surface area contributed by atoms with Crippen LogP contribution in [0, 0.1) is 5.41 Å². The van der Waals surface area contributed by atoms with Crippen LogP contribution in [0.1, 0.15) is 56.8 Å². The molecule has 2 rings (SSSR count). The molecule has 0 aliphatic carbocycles. The average Bonchev–Trinajstić information content (AvgIpc) is 2.66. The van der Waals surface area contributed by atoms with E-state index in [9.17, 15) is 19.5 Å². The lowest BCUT2D eigenvalue weighted by atomic mass is 9.85. The summed E-state index contributed by atoms with van der Waals surface area (Å²) in [5, 5.41) is 12.0. The lowest BCUT2D eigenvalue weighted by Crippen LogP contribution is -2.26. The van der Waals surface area contributed by atoms with E-state index in [1.54, 1.807) is 26.0 Å². The molecule has 0 unspecified atom stereocenters. The summed E-state index contributed by atoms with van der Waals surface area (Å²) in [6.07, 6.45) is 2.33. The van der Waals surface area contributed by atoms with E-state index >= 15 is 0 Å². The maximum atomic E-state index is 12.3. The third kappa shape index (κ3) is 5.78. The van der Waals surface area contributed by atoms with Crippen LogP contribution in [0.5, 0.6) is 0 Å². The first-order valence-corrected chi connectivity index (χ1v) is 9.50. The van der Waals surface area contributed by atoms with Crippen molar-refractivity contribution in [2.75, 3.05) is 5.32 Å². The summed E-state index contributed by atoms with van der Waals surface area (Å²) in [5.41, 5.74) is 2.08. The third-order valence-corrected chi connectivity index (χ3v) is 4.65. The standard InChI is InChI=1S/C23H27NO4/c1-4-5-6-21(26)24-19-13-11-17(12-14-19)16-7-9-18(10-8-16)20(25)15-23(2,3)22(27)28/h7-14H,4-6,15H2,1-3H3,(H,24,26)(H,27,28). The second-order valence-corrected chi connectivity index (χ2v) is 7.60. The summed E-state index contributed by atoms with van der Waals surface area (Å²) >= 11 is 0. The van der Waals surface area contributed by atoms with Crippen molar-refractivity contribution in [3.63, 3.8) is 0 Å². The van der Waals surface area contributed by atoms with Gasteiger partial charge in [0, 0.05) is 24.1 Å². The Morgan fingerprint density at radius 2 is 1.46 bits per heavy atom. The largest absolute Gasteiger partial charge is 0.481 e. The first kappa shape index (κ1) is 21.4. The fourth-order valence-electron chi connectivity index (χ4n) is 2.73. The predicted molar refractivity (Wildman–Crippen MR) is 110 cm³/mol. The zero-order valence-corrected chi connectivity index (χ0v) is 16.6. The third-order valence-electron chi connectivity index (χ3n) is 4.65. The smallest absolute Gasteiger partial charge is 0.309 e. The highest BCUT2D eigenvalue weighted by atomic mass is 16.4. The van der Waals surface area contributed by atoms with Crippen LogP contribution >= 0.6 is 0 Å². The maximum Gasteiger partial charge on any atom is 0.309 e. The number of ketones is 1. The van der Waals surface area contributed by atoms with Gasteiger partial charge in [-0.3, -0.25) is 14.4 Å². The van der Waals surface area contributed by atoms with Gasteiger partial charge in [-0.2, -0.15) is 0 Å². The lowest BCUT2D eigenvalue weighted by Gasteiger charge is -2.17. The molecule has 0 spiro atoms. The van der Waals surface area contributed by atoms with Crippen LogP contribution in [0.4, 0.5) is 5.69 Å². The molecule has 2 N–H and O–H groups in total. The number of amides is 1. The van der Waals surface area contributed by atoms with E-state index in [4.69, 9.17) is 0 Å². The highest BCUT2D eigenvalue weighted by Crippen LogP contribution is 2.26. The number of unbranched alkanes of at least 4 members (excludes halogenated alkanes) is 1. The molecule has 1 amide bonds. The molecule has 2 aromatic rings. The van der Waals surface area contributed by atoms with E-state index in [0.29, 0.717) is 12.0 Å². The molecule has 2 aromatic carbocycles. The van der Waals surface area contributed by atoms with Gasteiger partial charge in [-0.1, -0.05) is 49.7 Å². The zero-order valence-electron chi connectivity index (χ0n) is 16.6. The Hall–Kier alpha value is -2.95. The minimum absolute atomic E-state index is 0.0155. The first-order chi connectivity index (χ1) is 13.2. The molecule has 0 fully saturated rings. The quantitative estimate of drug-likeness (QED) is 0.587. The lowest BCUT2D eigenvalue weighted by molar-refractivity contribution is -0.146. The number of carboxylic acids is 1. The van der Waals surface area contributed by atoms with Gasteiger partial charge in [0.15, 0.2) is 5.78 Å². The SMILES string of the molecule is CCCCC(=O)Nc1ccc(-c2ccc(C(=O)CC(C)(C)C(=O)O)cc2)cc1. The van der Waals surface area contributed by atoms with E-state index in [0.717, 1.165) is 29.7 Å². The van der Waals surface area contributed by atoms with Crippen LogP contribution in [0.3, 0.4) is 0 Å². The zero-order chi connectivity index (χ0) is 20.7. The summed E-state index contributed by atoms with van der Waals surface area (Å²) < 4.78 is 0. The maximum absolute atomic E-state index is 12.3. The van der Waals surface area contributed by atoms with Crippen molar-refractivity contribution in [1.82, 2.24) is 0 Å². The molecular formula is C23H27NO4. The molecule has 5 heteroatoms. The molecule has 0 atom stereocenters. The van der Waals surface area contributed by atoms with Crippen LogP contribution in [0.25, 0.3) is 11.1 Å². The van der Waals surface area contributed by atoms with Crippen molar-refractivity contribution >= 4 is 23.3 Å². The molecule has 0 saturated heterocycles. The van der Waals surface area contributed by atoms with Crippen LogP contribution in [-0.4, -0.2) is 22.8 Å². The van der Waals surface area contributed by atoms with Crippen molar-refractivity contribution in [2.45, 2.75) is 46.5 Å². The number of benzene rings is 2. The minimum atomic E-state index is -1.09. The summed E-state index contributed by atoms with van der Waals surface area (Å²) in [6, 6.07) is 14.7. The van der Waals surface area contributed by atoms with Crippen LogP contribution < -0.4 is 5.32 Å². The Bertz CT molecular complexity index is 836. The Labute approximate surface area is 165 Å². The van der Waals surface area contributed by atoms with Crippen LogP contribution in [0.15, 0.2) is 48.5 Å². The number of carbonyl (C=O) groups excluding carboxylic acids is 2. The molecule has 0 radical (unpaired) electrons. The van der Waals surface area contributed by atoms with Crippen molar-refractivity contribution in [2.24, 2.45) is 5.41 Å². The number of rotatable bonds is 9. The Morgan fingerprint density at radius 3 is 1.96 bits per heavy atom. The van der Waals surface area contributed by atoms with Gasteiger partial charge in [-0.15, -0.1) is 0 Å². The fourth-order valence-corrected chi connectivity index (χ4v) is 2.73. The number of carbonyl (C=O) groups is 3. The van der Waals surface area contributed by atoms with Gasteiger partial charge in [0.25, 0.3) is 0 Å². The Morgan fingerprint density at radius 1 is 0.929 bits per heavy atom. The van der Waals surface area contributed by atoms with Gasteiger partial charge in [-0.05, 0) is 43.5 Å². The fraction of sp³-hybridized carbons (Fsp3) is 0.348. The van der Waals surface area contributed by atoms with Crippen molar-refractivity contribution < 1.29 is 19.5 Å². The topological polar surface area (TPSA) is 83.5 Å². The molecule has 28 heavy (non-hydrogen) atoms. The highest BCUT2D eigenvalue weighted by molar-refractivity contribution is 5.99. The first-order valence-electron chi connectivity index (χ1n) is 9.50. The average molecular weight is 381 g/mol. The second kappa shape index (κ2) is 9.31. The number of hydrogen-bond acceptors (Lipinski definition) is 3. The summed E-state index contributed by atoms with van der Waals surface area (Å²) in [6.45, 7) is 5.14.